The fraction of sp³-hybridized carbons (Fsp3) is 0.111. The largest absolute Gasteiger partial charge is 0.465 e. The van der Waals surface area contributed by atoms with Crippen LogP contribution in [0.4, 0.5) is 0 Å². The van der Waals surface area contributed by atoms with E-state index in [2.05, 4.69) is 0 Å². The molecule has 1 nitrogen and oxygen atoms in total. The minimum atomic E-state index is -0.580. The van der Waals surface area contributed by atoms with Gasteiger partial charge in [-0.25, -0.2) is 0 Å². The predicted octanol–water partition coefficient (Wildman–Crippen LogP) is 2.30. The van der Waals surface area contributed by atoms with Crippen molar-refractivity contribution in [2.24, 2.45) is 0 Å². The average molecular weight is 134 g/mol. The van der Waals surface area contributed by atoms with E-state index < -0.39 is 6.40 Å². The molecular weight excluding hydrogens is 124 g/mol. The van der Waals surface area contributed by atoms with Gasteiger partial charge in [0, 0.05) is 6.94 Å². The van der Waals surface area contributed by atoms with Crippen LogP contribution in [0.15, 0.2) is 48.0 Å². The lowest BCUT2D eigenvalue weighted by atomic mass is 10.1. The molecule has 2 rings (SSSR count). The number of rotatable bonds is 0. The lowest BCUT2D eigenvalue weighted by Crippen LogP contribution is -1.95. The van der Waals surface area contributed by atoms with Gasteiger partial charge in [-0.2, -0.15) is 0 Å². The molecule has 50 valence electrons. The summed E-state index contributed by atoms with van der Waals surface area (Å²) in [6, 6.07) is 0.230. The molecule has 0 fully saturated rings. The van der Waals surface area contributed by atoms with Gasteiger partial charge in [-0.15, -0.1) is 0 Å². The van der Waals surface area contributed by atoms with Crippen LogP contribution in [0.5, 0.6) is 0 Å². The van der Waals surface area contributed by atoms with Gasteiger partial charge in [0.15, 0.2) is 0 Å². The Morgan fingerprint density at radius 2 is 2.70 bits per heavy atom. The Morgan fingerprint density at radius 1 is 1.70 bits per heavy atom. The van der Waals surface area contributed by atoms with Crippen molar-refractivity contribution >= 4 is 0 Å². The number of allylic oxidation sites excluding steroid dienone is 5. The van der Waals surface area contributed by atoms with Crippen LogP contribution < -0.4 is 0 Å². The van der Waals surface area contributed by atoms with Crippen LogP contribution in [0.2, 0.25) is 0 Å². The summed E-state index contributed by atoms with van der Waals surface area (Å²) in [5.74, 6) is 0.514. The van der Waals surface area contributed by atoms with E-state index >= 15 is 0 Å². The number of ether oxygens (including phenoxy) is 1. The second kappa shape index (κ2) is 2.18. The standard InChI is InChI=1S/C9H8O/c1-2-6-9-8(4-1)5-3-7-10-9/h1,3-7H,2H2/i2D,6D. The third-order valence-corrected chi connectivity index (χ3v) is 1.39. The minimum Gasteiger partial charge on any atom is -0.465 e. The second-order valence-electron chi connectivity index (χ2n) is 2.07. The Hall–Kier alpha value is -1.24. The van der Waals surface area contributed by atoms with Gasteiger partial charge in [0.05, 0.1) is 7.63 Å². The van der Waals surface area contributed by atoms with Crippen LogP contribution in [0.3, 0.4) is 0 Å². The molecule has 1 aliphatic carbocycles. The molecule has 0 spiro atoms. The van der Waals surface area contributed by atoms with Gasteiger partial charge >= 0.3 is 0 Å². The zero-order valence-corrected chi connectivity index (χ0v) is 5.37. The van der Waals surface area contributed by atoms with Crippen molar-refractivity contribution in [2.45, 2.75) is 6.40 Å². The predicted molar refractivity (Wildman–Crippen MR) is 40.1 cm³/mol. The first-order chi connectivity index (χ1) is 5.79. The highest BCUT2D eigenvalue weighted by atomic mass is 16.5. The van der Waals surface area contributed by atoms with Gasteiger partial charge in [-0.3, -0.25) is 0 Å². The van der Waals surface area contributed by atoms with Gasteiger partial charge in [0.2, 0.25) is 0 Å². The van der Waals surface area contributed by atoms with Crippen molar-refractivity contribution in [2.75, 3.05) is 0 Å². The molecule has 10 heavy (non-hydrogen) atoms. The molecule has 1 atom stereocenters. The Labute approximate surface area is 62.8 Å². The third kappa shape index (κ3) is 0.798. The molecule has 2 aliphatic rings. The summed E-state index contributed by atoms with van der Waals surface area (Å²) in [7, 11) is 0. The molecular formula is C9H8O. The molecule has 0 saturated carbocycles. The van der Waals surface area contributed by atoms with E-state index in [1.807, 2.05) is 12.2 Å². The summed E-state index contributed by atoms with van der Waals surface area (Å²) in [5.41, 5.74) is 0.881. The van der Waals surface area contributed by atoms with E-state index in [0.717, 1.165) is 5.57 Å². The highest BCUT2D eigenvalue weighted by Gasteiger charge is 2.06. The normalized spacial score (nSPS) is 32.0. The SMILES string of the molecule is [2H]C1=C2OC=CC=C2C=CC1[2H]. The van der Waals surface area contributed by atoms with Crippen molar-refractivity contribution in [1.29, 1.82) is 0 Å². The molecule has 0 bridgehead atoms. The maximum atomic E-state index is 7.54. The lowest BCUT2D eigenvalue weighted by Gasteiger charge is -2.12. The summed E-state index contributed by atoms with van der Waals surface area (Å²) in [6.07, 6.45) is 8.09. The van der Waals surface area contributed by atoms with E-state index in [4.69, 9.17) is 7.48 Å². The molecule has 0 aromatic heterocycles. The van der Waals surface area contributed by atoms with Crippen LogP contribution in [0.1, 0.15) is 9.14 Å². The van der Waals surface area contributed by atoms with Crippen LogP contribution >= 0.6 is 0 Å². The Morgan fingerprint density at radius 3 is 3.70 bits per heavy atom. The molecule has 1 heteroatoms. The first kappa shape index (κ1) is 3.81. The molecule has 0 aromatic carbocycles. The highest BCUT2D eigenvalue weighted by molar-refractivity contribution is 5.43. The molecule has 0 N–H and O–H groups in total. The number of hydrogen-bond acceptors (Lipinski definition) is 1. The minimum absolute atomic E-state index is 0.230. The molecule has 1 aliphatic heterocycles. The van der Waals surface area contributed by atoms with Crippen molar-refractivity contribution in [3.63, 3.8) is 0 Å². The topological polar surface area (TPSA) is 9.23 Å². The summed E-state index contributed by atoms with van der Waals surface area (Å²) in [4.78, 5) is 0. The smallest absolute Gasteiger partial charge is 0.130 e. The maximum Gasteiger partial charge on any atom is 0.130 e. The van der Waals surface area contributed by atoms with Crippen LogP contribution in [0, 0.1) is 0 Å². The summed E-state index contributed by atoms with van der Waals surface area (Å²) in [6.45, 7) is 0. The van der Waals surface area contributed by atoms with Crippen LogP contribution in [-0.2, 0) is 4.74 Å². The van der Waals surface area contributed by atoms with E-state index in [0.29, 0.717) is 5.76 Å². The fourth-order valence-corrected chi connectivity index (χ4v) is 0.918. The fourth-order valence-electron chi connectivity index (χ4n) is 0.918. The first-order valence-electron chi connectivity index (χ1n) is 4.22. The third-order valence-electron chi connectivity index (χ3n) is 1.39. The monoisotopic (exact) mass is 134 g/mol. The molecule has 1 unspecified atom stereocenters. The zero-order chi connectivity index (χ0) is 8.55. The van der Waals surface area contributed by atoms with Gasteiger partial charge in [0.1, 0.15) is 5.76 Å². The quantitative estimate of drug-likeness (QED) is 0.494. The number of fused-ring (bicyclic) bond motifs is 1. The van der Waals surface area contributed by atoms with E-state index in [1.165, 1.54) is 6.26 Å². The highest BCUT2D eigenvalue weighted by Crippen LogP contribution is 2.21. The summed E-state index contributed by atoms with van der Waals surface area (Å²) in [5, 5.41) is 0. The second-order valence-corrected chi connectivity index (χ2v) is 2.07. The van der Waals surface area contributed by atoms with Crippen LogP contribution in [-0.4, -0.2) is 0 Å². The molecule has 0 radical (unpaired) electrons. The van der Waals surface area contributed by atoms with Gasteiger partial charge in [0.25, 0.3) is 0 Å². The van der Waals surface area contributed by atoms with Crippen molar-refractivity contribution < 1.29 is 7.48 Å². The van der Waals surface area contributed by atoms with Crippen LogP contribution in [0.25, 0.3) is 0 Å². The Balaban J connectivity index is 2.46. The molecule has 0 saturated heterocycles. The van der Waals surface area contributed by atoms with Crippen molar-refractivity contribution in [1.82, 2.24) is 0 Å². The van der Waals surface area contributed by atoms with E-state index in [-0.39, 0.29) is 6.05 Å². The summed E-state index contributed by atoms with van der Waals surface area (Å²) >= 11 is 0. The molecule has 0 aromatic rings. The van der Waals surface area contributed by atoms with E-state index in [9.17, 15) is 0 Å². The zero-order valence-electron chi connectivity index (χ0n) is 7.37. The van der Waals surface area contributed by atoms with E-state index in [1.54, 1.807) is 12.2 Å². The van der Waals surface area contributed by atoms with Gasteiger partial charge in [-0.1, -0.05) is 12.2 Å². The molecule has 1 heterocycles. The van der Waals surface area contributed by atoms with Crippen molar-refractivity contribution in [3.05, 3.63) is 48.0 Å². The Bertz CT molecular complexity index is 323. The Kier molecular flexibility index (Phi) is 0.831. The lowest BCUT2D eigenvalue weighted by molar-refractivity contribution is 0.357. The van der Waals surface area contributed by atoms with Crippen molar-refractivity contribution in [3.8, 4) is 0 Å². The molecule has 0 amide bonds. The average Bonchev–Trinajstić information content (AvgIpc) is 2.12. The van der Waals surface area contributed by atoms with Gasteiger partial charge in [-0.05, 0) is 24.6 Å². The maximum absolute atomic E-state index is 7.54. The van der Waals surface area contributed by atoms with Gasteiger partial charge < -0.3 is 4.74 Å². The first-order valence-corrected chi connectivity index (χ1v) is 3.14. The summed E-state index contributed by atoms with van der Waals surface area (Å²) < 4.78 is 20.1. The number of hydrogen-bond donors (Lipinski definition) is 0.